The third kappa shape index (κ3) is 5.56. The molecule has 5 nitrogen and oxygen atoms in total. The van der Waals surface area contributed by atoms with Crippen LogP contribution in [0, 0.1) is 11.3 Å². The summed E-state index contributed by atoms with van der Waals surface area (Å²) in [4.78, 5) is 25.0. The van der Waals surface area contributed by atoms with E-state index in [1.807, 2.05) is 26.0 Å². The minimum absolute atomic E-state index is 0.0588. The molecule has 1 fully saturated rings. The van der Waals surface area contributed by atoms with Gasteiger partial charge in [-0.25, -0.2) is 0 Å². The zero-order valence-corrected chi connectivity index (χ0v) is 15.4. The Balaban J connectivity index is 2.04. The van der Waals surface area contributed by atoms with E-state index < -0.39 is 0 Å². The number of rotatable bonds is 7. The number of carbonyl (C=O) groups excluding carboxylic acids is 2. The normalized spacial score (nSPS) is 16.5. The van der Waals surface area contributed by atoms with Gasteiger partial charge in [0.15, 0.2) is 0 Å². The molecule has 0 aromatic heterocycles. The topological polar surface area (TPSA) is 84.2 Å². The van der Waals surface area contributed by atoms with Gasteiger partial charge in [-0.1, -0.05) is 45.2 Å². The van der Waals surface area contributed by atoms with Crippen molar-refractivity contribution < 1.29 is 9.59 Å². The molecule has 0 bridgehead atoms. The summed E-state index contributed by atoms with van der Waals surface area (Å²) in [5.41, 5.74) is 6.96. The minimum Gasteiger partial charge on any atom is -0.352 e. The first-order chi connectivity index (χ1) is 12.0. The van der Waals surface area contributed by atoms with Gasteiger partial charge in [0, 0.05) is 13.0 Å². The molecule has 5 heteroatoms. The molecular weight excluding hydrogens is 314 g/mol. The molecule has 2 amide bonds. The van der Waals surface area contributed by atoms with Gasteiger partial charge in [0.05, 0.1) is 11.3 Å². The molecular formula is C20H31N3O2. The fraction of sp³-hybridized carbons (Fsp3) is 0.600. The second kappa shape index (κ2) is 8.99. The van der Waals surface area contributed by atoms with Crippen LogP contribution in [0.5, 0.6) is 0 Å². The van der Waals surface area contributed by atoms with E-state index in [1.54, 1.807) is 12.1 Å². The highest BCUT2D eigenvalue weighted by Crippen LogP contribution is 2.38. The van der Waals surface area contributed by atoms with E-state index in [0.717, 1.165) is 25.7 Å². The van der Waals surface area contributed by atoms with Crippen LogP contribution in [0.3, 0.4) is 0 Å². The van der Waals surface area contributed by atoms with Crippen molar-refractivity contribution in [1.29, 1.82) is 0 Å². The third-order valence-electron chi connectivity index (χ3n) is 5.00. The van der Waals surface area contributed by atoms with Crippen LogP contribution in [0.25, 0.3) is 0 Å². The smallest absolute Gasteiger partial charge is 0.253 e. The summed E-state index contributed by atoms with van der Waals surface area (Å²) in [6.45, 7) is 5.24. The van der Waals surface area contributed by atoms with Crippen molar-refractivity contribution in [3.8, 4) is 0 Å². The highest BCUT2D eigenvalue weighted by atomic mass is 16.2. The van der Waals surface area contributed by atoms with E-state index >= 15 is 0 Å². The number of nitrogens with two attached hydrogens (primary N) is 1. The fourth-order valence-corrected chi connectivity index (χ4v) is 3.47. The maximum absolute atomic E-state index is 12.6. The van der Waals surface area contributed by atoms with Gasteiger partial charge in [0.1, 0.15) is 0 Å². The van der Waals surface area contributed by atoms with Crippen molar-refractivity contribution >= 4 is 17.5 Å². The maximum atomic E-state index is 12.6. The van der Waals surface area contributed by atoms with Crippen LogP contribution in [-0.2, 0) is 4.79 Å². The van der Waals surface area contributed by atoms with Gasteiger partial charge in [-0.2, -0.15) is 0 Å². The molecule has 0 heterocycles. The SMILES string of the molecule is CC(C)CNC(=O)c1ccccc1NC(=O)CC1(CN)CCCCC1. The predicted molar refractivity (Wildman–Crippen MR) is 101 cm³/mol. The Bertz CT molecular complexity index is 592. The molecule has 0 saturated heterocycles. The van der Waals surface area contributed by atoms with Crippen LogP contribution in [0.15, 0.2) is 24.3 Å². The molecule has 1 aromatic carbocycles. The molecule has 25 heavy (non-hydrogen) atoms. The molecule has 0 aliphatic heterocycles. The Hall–Kier alpha value is -1.88. The van der Waals surface area contributed by atoms with E-state index in [2.05, 4.69) is 10.6 Å². The van der Waals surface area contributed by atoms with Gasteiger partial charge in [0.25, 0.3) is 5.91 Å². The lowest BCUT2D eigenvalue weighted by Crippen LogP contribution is -2.36. The first kappa shape index (κ1) is 19.4. The van der Waals surface area contributed by atoms with Gasteiger partial charge >= 0.3 is 0 Å². The lowest BCUT2D eigenvalue weighted by Gasteiger charge is -2.35. The van der Waals surface area contributed by atoms with Crippen LogP contribution in [0.1, 0.15) is 62.7 Å². The van der Waals surface area contributed by atoms with E-state index in [0.29, 0.717) is 36.7 Å². The Labute approximate surface area is 150 Å². The third-order valence-corrected chi connectivity index (χ3v) is 5.00. The number of hydrogen-bond acceptors (Lipinski definition) is 3. The van der Waals surface area contributed by atoms with Gasteiger partial charge in [-0.3, -0.25) is 9.59 Å². The van der Waals surface area contributed by atoms with Crippen LogP contribution in [0.4, 0.5) is 5.69 Å². The quantitative estimate of drug-likeness (QED) is 0.709. The second-order valence-electron chi connectivity index (χ2n) is 7.64. The maximum Gasteiger partial charge on any atom is 0.253 e. The standard InChI is InChI=1S/C20H31N3O2/c1-15(2)13-22-19(25)16-8-4-5-9-17(16)23-18(24)12-20(14-21)10-6-3-7-11-20/h4-5,8-9,15H,3,6-7,10-14,21H2,1-2H3,(H,22,25)(H,23,24). The molecule has 0 unspecified atom stereocenters. The summed E-state index contributed by atoms with van der Waals surface area (Å²) in [5.74, 6) is 0.161. The van der Waals surface area contributed by atoms with Gasteiger partial charge in [0.2, 0.25) is 5.91 Å². The average molecular weight is 345 g/mol. The van der Waals surface area contributed by atoms with E-state index in [1.165, 1.54) is 6.42 Å². The Morgan fingerprint density at radius 3 is 2.48 bits per heavy atom. The summed E-state index contributed by atoms with van der Waals surface area (Å²) in [5, 5.41) is 5.83. The van der Waals surface area contributed by atoms with Crippen molar-refractivity contribution in [3.05, 3.63) is 29.8 Å². The van der Waals surface area contributed by atoms with Crippen LogP contribution in [0.2, 0.25) is 0 Å². The first-order valence-corrected chi connectivity index (χ1v) is 9.33. The fourth-order valence-electron chi connectivity index (χ4n) is 3.47. The molecule has 1 saturated carbocycles. The van der Waals surface area contributed by atoms with E-state index in [-0.39, 0.29) is 17.2 Å². The molecule has 2 rings (SSSR count). The van der Waals surface area contributed by atoms with Crippen molar-refractivity contribution in [1.82, 2.24) is 5.32 Å². The van der Waals surface area contributed by atoms with Gasteiger partial charge in [-0.15, -0.1) is 0 Å². The monoisotopic (exact) mass is 345 g/mol. The zero-order valence-electron chi connectivity index (χ0n) is 15.4. The van der Waals surface area contributed by atoms with Gasteiger partial charge < -0.3 is 16.4 Å². The molecule has 1 aliphatic rings. The van der Waals surface area contributed by atoms with E-state index in [9.17, 15) is 9.59 Å². The van der Waals surface area contributed by atoms with Crippen LogP contribution >= 0.6 is 0 Å². The molecule has 0 spiro atoms. The highest BCUT2D eigenvalue weighted by molar-refractivity contribution is 6.03. The number of carbonyl (C=O) groups is 2. The van der Waals surface area contributed by atoms with Gasteiger partial charge in [-0.05, 0) is 42.9 Å². The molecule has 138 valence electrons. The Morgan fingerprint density at radius 2 is 1.84 bits per heavy atom. The summed E-state index contributed by atoms with van der Waals surface area (Å²) in [6, 6.07) is 7.15. The Kier molecular flexibility index (Phi) is 7.00. The van der Waals surface area contributed by atoms with Crippen LogP contribution < -0.4 is 16.4 Å². The minimum atomic E-state index is -0.157. The summed E-state index contributed by atoms with van der Waals surface area (Å²) in [6.07, 6.45) is 5.94. The van der Waals surface area contributed by atoms with Crippen molar-refractivity contribution in [2.24, 2.45) is 17.1 Å². The van der Waals surface area contributed by atoms with Crippen molar-refractivity contribution in [2.45, 2.75) is 52.4 Å². The molecule has 0 radical (unpaired) electrons. The molecule has 1 aromatic rings. The number of hydrogen-bond donors (Lipinski definition) is 3. The summed E-state index contributed by atoms with van der Waals surface area (Å²) >= 11 is 0. The zero-order chi connectivity index (χ0) is 18.3. The second-order valence-corrected chi connectivity index (χ2v) is 7.64. The molecule has 4 N–H and O–H groups in total. The number of para-hydroxylation sites is 1. The first-order valence-electron chi connectivity index (χ1n) is 9.33. The number of benzene rings is 1. The largest absolute Gasteiger partial charge is 0.352 e. The van der Waals surface area contributed by atoms with Crippen molar-refractivity contribution in [3.63, 3.8) is 0 Å². The summed E-state index contributed by atoms with van der Waals surface area (Å²) < 4.78 is 0. The lowest BCUT2D eigenvalue weighted by molar-refractivity contribution is -0.118. The average Bonchev–Trinajstić information content (AvgIpc) is 2.60. The van der Waals surface area contributed by atoms with Crippen LogP contribution in [-0.4, -0.2) is 24.9 Å². The molecule has 1 aliphatic carbocycles. The summed E-state index contributed by atoms with van der Waals surface area (Å²) in [7, 11) is 0. The Morgan fingerprint density at radius 1 is 1.16 bits per heavy atom. The molecule has 0 atom stereocenters. The van der Waals surface area contributed by atoms with Crippen molar-refractivity contribution in [2.75, 3.05) is 18.4 Å². The lowest BCUT2D eigenvalue weighted by atomic mass is 9.71. The number of nitrogens with one attached hydrogen (secondary N) is 2. The predicted octanol–water partition coefficient (Wildman–Crippen LogP) is 3.31. The number of anilines is 1. The van der Waals surface area contributed by atoms with E-state index in [4.69, 9.17) is 5.73 Å². The highest BCUT2D eigenvalue weighted by Gasteiger charge is 2.33. The number of amides is 2.